The van der Waals surface area contributed by atoms with Crippen LogP contribution in [0.5, 0.6) is 0 Å². The number of nitro benzene ring substituents is 2. The summed E-state index contributed by atoms with van der Waals surface area (Å²) in [7, 11) is 0. The lowest BCUT2D eigenvalue weighted by Gasteiger charge is -2.06. The highest BCUT2D eigenvalue weighted by atomic mass is 19.1. The zero-order valence-corrected chi connectivity index (χ0v) is 19.1. The van der Waals surface area contributed by atoms with Crippen LogP contribution in [0, 0.1) is 31.9 Å². The van der Waals surface area contributed by atoms with Gasteiger partial charge in [-0.05, 0) is 53.9 Å². The zero-order chi connectivity index (χ0) is 26.4. The lowest BCUT2D eigenvalue weighted by molar-refractivity contribution is -0.385. The van der Waals surface area contributed by atoms with Crippen molar-refractivity contribution in [1.29, 1.82) is 0 Å². The monoisotopic (exact) mass is 500 g/mol. The van der Waals surface area contributed by atoms with E-state index in [2.05, 4.69) is 9.98 Å². The van der Waals surface area contributed by atoms with Gasteiger partial charge in [-0.3, -0.25) is 30.2 Å². The first-order valence-corrected chi connectivity index (χ1v) is 10.9. The van der Waals surface area contributed by atoms with E-state index >= 15 is 0 Å². The molecule has 37 heavy (non-hydrogen) atoms. The molecule has 0 aromatic heterocycles. The third-order valence-electron chi connectivity index (χ3n) is 5.38. The molecule has 0 aliphatic heterocycles. The number of para-hydroxylation sites is 2. The average Bonchev–Trinajstić information content (AvgIpc) is 2.88. The van der Waals surface area contributed by atoms with Crippen LogP contribution in [0.4, 0.5) is 31.5 Å². The Morgan fingerprint density at radius 3 is 1.43 bits per heavy atom. The fraction of sp³-hybridized carbons (Fsp3) is 0.0370. The van der Waals surface area contributed by atoms with Gasteiger partial charge in [0.05, 0.1) is 32.3 Å². The Labute approximate surface area is 209 Å². The number of benzene rings is 4. The molecule has 0 heterocycles. The smallest absolute Gasteiger partial charge is 0.258 e. The van der Waals surface area contributed by atoms with Gasteiger partial charge < -0.3 is 0 Å². The molecule has 10 heteroatoms. The highest BCUT2D eigenvalue weighted by Gasteiger charge is 2.12. The van der Waals surface area contributed by atoms with Crippen molar-refractivity contribution in [2.24, 2.45) is 9.98 Å². The normalized spacial score (nSPS) is 11.3. The number of halogens is 2. The van der Waals surface area contributed by atoms with Crippen LogP contribution in [0.1, 0.15) is 22.3 Å². The molecule has 4 rings (SSSR count). The highest BCUT2D eigenvalue weighted by Crippen LogP contribution is 2.25. The van der Waals surface area contributed by atoms with Gasteiger partial charge in [-0.25, -0.2) is 8.78 Å². The van der Waals surface area contributed by atoms with Crippen LogP contribution < -0.4 is 0 Å². The summed E-state index contributed by atoms with van der Waals surface area (Å²) < 4.78 is 29.2. The SMILES string of the molecule is O=[N+]([O-])c1ccccc1C=Nc1ccc(Cc2ccc(N=Cc3ccccc3[N+](=O)[O-])c(F)c2)cc1F. The molecule has 4 aromatic rings. The van der Waals surface area contributed by atoms with Gasteiger partial charge in [-0.2, -0.15) is 0 Å². The summed E-state index contributed by atoms with van der Waals surface area (Å²) in [6.45, 7) is 0. The Bertz CT molecular complexity index is 1440. The van der Waals surface area contributed by atoms with E-state index < -0.39 is 21.5 Å². The van der Waals surface area contributed by atoms with E-state index in [1.165, 1.54) is 73.1 Å². The van der Waals surface area contributed by atoms with Crippen LogP contribution in [0.3, 0.4) is 0 Å². The van der Waals surface area contributed by atoms with Crippen molar-refractivity contribution in [3.05, 3.63) is 139 Å². The first-order chi connectivity index (χ1) is 17.8. The summed E-state index contributed by atoms with van der Waals surface area (Å²) in [5, 5.41) is 22.2. The van der Waals surface area contributed by atoms with Gasteiger partial charge in [0.15, 0.2) is 0 Å². The van der Waals surface area contributed by atoms with Crippen molar-refractivity contribution in [2.45, 2.75) is 6.42 Å². The Morgan fingerprint density at radius 1 is 0.649 bits per heavy atom. The van der Waals surface area contributed by atoms with E-state index in [-0.39, 0.29) is 40.3 Å². The molecular formula is C27H18F2N4O4. The summed E-state index contributed by atoms with van der Waals surface area (Å²) in [5.41, 5.74) is 1.36. The molecule has 0 unspecified atom stereocenters. The number of nitro groups is 2. The Morgan fingerprint density at radius 2 is 1.05 bits per heavy atom. The van der Waals surface area contributed by atoms with E-state index in [9.17, 15) is 29.0 Å². The molecule has 0 N–H and O–H groups in total. The van der Waals surface area contributed by atoms with E-state index in [1.807, 2.05) is 0 Å². The fourth-order valence-electron chi connectivity index (χ4n) is 3.57. The van der Waals surface area contributed by atoms with Crippen molar-refractivity contribution in [1.82, 2.24) is 0 Å². The van der Waals surface area contributed by atoms with Crippen LogP contribution in [0.2, 0.25) is 0 Å². The van der Waals surface area contributed by atoms with Gasteiger partial charge in [0.2, 0.25) is 0 Å². The van der Waals surface area contributed by atoms with Crippen LogP contribution in [0.25, 0.3) is 0 Å². The highest BCUT2D eigenvalue weighted by molar-refractivity contribution is 5.87. The average molecular weight is 500 g/mol. The molecule has 0 aliphatic carbocycles. The lowest BCUT2D eigenvalue weighted by Crippen LogP contribution is -1.94. The second kappa shape index (κ2) is 11.1. The fourth-order valence-corrected chi connectivity index (χ4v) is 3.57. The lowest BCUT2D eigenvalue weighted by atomic mass is 10.0. The topological polar surface area (TPSA) is 111 Å². The third-order valence-corrected chi connectivity index (χ3v) is 5.38. The summed E-state index contributed by atoms with van der Waals surface area (Å²) in [4.78, 5) is 29.2. The van der Waals surface area contributed by atoms with Crippen LogP contribution in [-0.4, -0.2) is 22.3 Å². The third kappa shape index (κ3) is 6.12. The first kappa shape index (κ1) is 25.0. The summed E-state index contributed by atoms with van der Waals surface area (Å²) in [6, 6.07) is 20.7. The molecule has 184 valence electrons. The minimum atomic E-state index is -0.626. The molecule has 0 saturated carbocycles. The van der Waals surface area contributed by atoms with Crippen molar-refractivity contribution < 1.29 is 18.6 Å². The minimum Gasteiger partial charge on any atom is -0.258 e. The van der Waals surface area contributed by atoms with Crippen molar-refractivity contribution >= 4 is 35.2 Å². The largest absolute Gasteiger partial charge is 0.278 e. The van der Waals surface area contributed by atoms with E-state index in [4.69, 9.17) is 0 Å². The number of hydrogen-bond acceptors (Lipinski definition) is 6. The second-order valence-electron chi connectivity index (χ2n) is 7.90. The Hall–Kier alpha value is -5.12. The number of hydrogen-bond donors (Lipinski definition) is 0. The molecule has 0 amide bonds. The quantitative estimate of drug-likeness (QED) is 0.149. The molecule has 0 saturated heterocycles. The molecule has 0 spiro atoms. The number of aliphatic imine (C=N–C) groups is 2. The number of nitrogens with zero attached hydrogens (tertiary/aromatic N) is 4. The van der Waals surface area contributed by atoms with Gasteiger partial charge in [0.25, 0.3) is 11.4 Å². The minimum absolute atomic E-state index is 0.00720. The Kier molecular flexibility index (Phi) is 7.48. The first-order valence-electron chi connectivity index (χ1n) is 10.9. The molecule has 0 radical (unpaired) electrons. The number of rotatable bonds is 8. The van der Waals surface area contributed by atoms with Crippen molar-refractivity contribution in [3.8, 4) is 0 Å². The summed E-state index contributed by atoms with van der Waals surface area (Å²) >= 11 is 0. The Balaban J connectivity index is 1.48. The second-order valence-corrected chi connectivity index (χ2v) is 7.90. The van der Waals surface area contributed by atoms with Crippen molar-refractivity contribution in [3.63, 3.8) is 0 Å². The molecule has 0 fully saturated rings. The molecule has 0 bridgehead atoms. The molecular weight excluding hydrogens is 482 g/mol. The van der Waals surface area contributed by atoms with Crippen LogP contribution >= 0.6 is 0 Å². The predicted octanol–water partition coefficient (Wildman–Crippen LogP) is 6.87. The van der Waals surface area contributed by atoms with E-state index in [0.717, 1.165) is 0 Å². The van der Waals surface area contributed by atoms with Gasteiger partial charge in [0, 0.05) is 24.6 Å². The van der Waals surface area contributed by atoms with E-state index in [0.29, 0.717) is 11.1 Å². The van der Waals surface area contributed by atoms with E-state index in [1.54, 1.807) is 24.3 Å². The van der Waals surface area contributed by atoms with Crippen LogP contribution in [0.15, 0.2) is 94.9 Å². The van der Waals surface area contributed by atoms with Gasteiger partial charge in [0.1, 0.15) is 11.6 Å². The molecule has 8 nitrogen and oxygen atoms in total. The summed E-state index contributed by atoms with van der Waals surface area (Å²) in [5.74, 6) is -1.25. The summed E-state index contributed by atoms with van der Waals surface area (Å²) in [6.07, 6.45) is 2.69. The molecule has 0 atom stereocenters. The maximum Gasteiger partial charge on any atom is 0.278 e. The molecule has 4 aromatic carbocycles. The van der Waals surface area contributed by atoms with Gasteiger partial charge in [-0.15, -0.1) is 0 Å². The maximum absolute atomic E-state index is 14.6. The maximum atomic E-state index is 14.6. The zero-order valence-electron chi connectivity index (χ0n) is 19.1. The predicted molar refractivity (Wildman–Crippen MR) is 136 cm³/mol. The van der Waals surface area contributed by atoms with Gasteiger partial charge in [-0.1, -0.05) is 36.4 Å². The van der Waals surface area contributed by atoms with Crippen molar-refractivity contribution in [2.75, 3.05) is 0 Å². The van der Waals surface area contributed by atoms with Crippen LogP contribution in [-0.2, 0) is 6.42 Å². The standard InChI is InChI=1S/C27H18F2N4O4/c28-22-14-18(9-11-24(22)30-16-20-5-1-3-7-26(20)32(34)35)13-19-10-12-25(23(29)15-19)31-17-21-6-2-4-8-27(21)33(36)37/h1-12,14-17H,13H2. The van der Waals surface area contributed by atoms with Gasteiger partial charge >= 0.3 is 0 Å². The molecule has 0 aliphatic rings.